The second kappa shape index (κ2) is 12.2. The number of aryl methyl sites for hydroxylation is 1. The molecule has 0 saturated carbocycles. The molecule has 1 unspecified atom stereocenters. The number of nitrogens with one attached hydrogen (secondary N) is 2. The fourth-order valence-corrected chi connectivity index (χ4v) is 5.23. The highest BCUT2D eigenvalue weighted by molar-refractivity contribution is 6.11. The molecule has 2 fully saturated rings. The number of nitrogens with zero attached hydrogens (tertiary/aromatic N) is 3. The highest BCUT2D eigenvalue weighted by atomic mass is 16.3. The normalized spacial score (nSPS) is 17.9. The Morgan fingerprint density at radius 2 is 1.76 bits per heavy atom. The summed E-state index contributed by atoms with van der Waals surface area (Å²) in [7, 11) is 0. The number of anilines is 1. The minimum absolute atomic E-state index is 0.0242. The number of carbonyl (C=O) groups is 4. The summed E-state index contributed by atoms with van der Waals surface area (Å²) in [6, 6.07) is 12.6. The number of carbonyl (C=O) groups excluding carboxylic acids is 4. The van der Waals surface area contributed by atoms with E-state index >= 15 is 0 Å². The van der Waals surface area contributed by atoms with Gasteiger partial charge in [-0.1, -0.05) is 6.07 Å². The van der Waals surface area contributed by atoms with Crippen molar-refractivity contribution in [3.05, 3.63) is 65.4 Å². The molecule has 11 heteroatoms. The molecular weight excluding hydrogens is 524 g/mol. The summed E-state index contributed by atoms with van der Waals surface area (Å²) >= 11 is 0. The summed E-state index contributed by atoms with van der Waals surface area (Å²) in [6.45, 7) is 3.81. The molecule has 11 nitrogen and oxygen atoms in total. The third-order valence-corrected chi connectivity index (χ3v) is 7.37. The number of furan rings is 1. The SMILES string of the molecule is Cc1cc2cc(NC(=NC3CCCCN(CC(=O)N4CCCC4)C3=O)NC(=O)c3cccc(C(N)=O)c3)ccc2o1. The van der Waals surface area contributed by atoms with Crippen molar-refractivity contribution in [1.82, 2.24) is 15.1 Å². The van der Waals surface area contributed by atoms with Gasteiger partial charge in [0.1, 0.15) is 17.4 Å². The van der Waals surface area contributed by atoms with E-state index in [9.17, 15) is 19.2 Å². The van der Waals surface area contributed by atoms with Crippen LogP contribution in [0.15, 0.2) is 57.9 Å². The smallest absolute Gasteiger partial charge is 0.257 e. The molecule has 2 aliphatic rings. The van der Waals surface area contributed by atoms with Crippen molar-refractivity contribution in [3.63, 3.8) is 0 Å². The lowest BCUT2D eigenvalue weighted by Crippen LogP contribution is -2.45. The Kier molecular flexibility index (Phi) is 8.32. The molecule has 2 saturated heterocycles. The Morgan fingerprint density at radius 3 is 2.54 bits per heavy atom. The fourth-order valence-electron chi connectivity index (χ4n) is 5.23. The first kappa shape index (κ1) is 27.9. The number of hydrogen-bond acceptors (Lipinski definition) is 6. The van der Waals surface area contributed by atoms with E-state index in [1.54, 1.807) is 28.0 Å². The van der Waals surface area contributed by atoms with Crippen LogP contribution in [0.4, 0.5) is 5.69 Å². The number of benzene rings is 2. The summed E-state index contributed by atoms with van der Waals surface area (Å²) in [5.74, 6) is -0.637. The first-order valence-corrected chi connectivity index (χ1v) is 13.9. The number of fused-ring (bicyclic) bond motifs is 1. The first-order valence-electron chi connectivity index (χ1n) is 13.9. The Balaban J connectivity index is 1.41. The van der Waals surface area contributed by atoms with Gasteiger partial charge in [-0.15, -0.1) is 0 Å². The van der Waals surface area contributed by atoms with Crippen LogP contribution in [0.25, 0.3) is 11.0 Å². The zero-order valence-electron chi connectivity index (χ0n) is 23.0. The van der Waals surface area contributed by atoms with Gasteiger partial charge in [0.2, 0.25) is 23.7 Å². The van der Waals surface area contributed by atoms with Crippen LogP contribution >= 0.6 is 0 Å². The quantitative estimate of drug-likeness (QED) is 0.313. The molecule has 3 heterocycles. The summed E-state index contributed by atoms with van der Waals surface area (Å²) in [5.41, 5.74) is 7.15. The maximum Gasteiger partial charge on any atom is 0.257 e. The van der Waals surface area contributed by atoms with Crippen LogP contribution in [0, 0.1) is 6.92 Å². The molecule has 0 aliphatic carbocycles. The second-order valence-corrected chi connectivity index (χ2v) is 10.5. The molecule has 0 spiro atoms. The van der Waals surface area contributed by atoms with Gasteiger partial charge in [0.15, 0.2) is 0 Å². The molecule has 41 heavy (non-hydrogen) atoms. The maximum absolute atomic E-state index is 13.6. The van der Waals surface area contributed by atoms with E-state index in [0.29, 0.717) is 18.7 Å². The number of guanidine groups is 1. The zero-order chi connectivity index (χ0) is 28.9. The van der Waals surface area contributed by atoms with Gasteiger partial charge in [0, 0.05) is 41.8 Å². The van der Waals surface area contributed by atoms with Crippen LogP contribution < -0.4 is 16.4 Å². The molecule has 3 aromatic rings. The molecule has 0 bridgehead atoms. The van der Waals surface area contributed by atoms with E-state index in [2.05, 4.69) is 15.6 Å². The van der Waals surface area contributed by atoms with Crippen LogP contribution in [0.2, 0.25) is 0 Å². The van der Waals surface area contributed by atoms with E-state index in [1.165, 1.54) is 12.1 Å². The number of primary amides is 1. The van der Waals surface area contributed by atoms with Gasteiger partial charge in [0.05, 0.1) is 6.54 Å². The first-order chi connectivity index (χ1) is 19.8. The van der Waals surface area contributed by atoms with Crippen molar-refractivity contribution in [2.75, 3.05) is 31.5 Å². The van der Waals surface area contributed by atoms with E-state index in [-0.39, 0.29) is 35.4 Å². The predicted octanol–water partition coefficient (Wildman–Crippen LogP) is 3.04. The van der Waals surface area contributed by atoms with Gasteiger partial charge in [-0.25, -0.2) is 4.99 Å². The summed E-state index contributed by atoms with van der Waals surface area (Å²) in [4.78, 5) is 59.3. The second-order valence-electron chi connectivity index (χ2n) is 10.5. The summed E-state index contributed by atoms with van der Waals surface area (Å²) < 4.78 is 5.66. The third kappa shape index (κ3) is 6.74. The van der Waals surface area contributed by atoms with E-state index in [0.717, 1.165) is 55.5 Å². The van der Waals surface area contributed by atoms with Crippen LogP contribution in [-0.4, -0.2) is 71.6 Å². The Morgan fingerprint density at radius 1 is 1.00 bits per heavy atom. The lowest BCUT2D eigenvalue weighted by molar-refractivity contribution is -0.140. The van der Waals surface area contributed by atoms with Crippen molar-refractivity contribution in [1.29, 1.82) is 0 Å². The predicted molar refractivity (Wildman–Crippen MR) is 154 cm³/mol. The summed E-state index contributed by atoms with van der Waals surface area (Å²) in [5, 5.41) is 6.78. The molecule has 0 radical (unpaired) electrons. The number of rotatable bonds is 6. The maximum atomic E-state index is 13.6. The minimum Gasteiger partial charge on any atom is -0.461 e. The highest BCUT2D eigenvalue weighted by Gasteiger charge is 2.30. The van der Waals surface area contributed by atoms with Crippen LogP contribution in [0.5, 0.6) is 0 Å². The lowest BCUT2D eigenvalue weighted by atomic mass is 10.1. The standard InChI is InChI=1S/C30H34N6O5/c1-19-15-22-17-23(10-11-25(22)41-19)32-30(34-28(39)21-8-6-7-20(16-21)27(31)38)33-24-9-2-3-14-36(29(24)40)18-26(37)35-12-4-5-13-35/h6-8,10-11,15-17,24H,2-5,9,12-14,18H2,1H3,(H2,31,38)(H2,32,33,34,39). The highest BCUT2D eigenvalue weighted by Crippen LogP contribution is 2.23. The van der Waals surface area contributed by atoms with Crippen molar-refractivity contribution >= 4 is 46.2 Å². The lowest BCUT2D eigenvalue weighted by Gasteiger charge is -2.25. The van der Waals surface area contributed by atoms with Crippen molar-refractivity contribution < 1.29 is 23.6 Å². The minimum atomic E-state index is -0.788. The molecule has 1 atom stereocenters. The van der Waals surface area contributed by atoms with Gasteiger partial charge in [-0.3, -0.25) is 24.5 Å². The van der Waals surface area contributed by atoms with E-state index in [1.807, 2.05) is 25.1 Å². The molecule has 2 aromatic carbocycles. The molecule has 214 valence electrons. The number of hydrogen-bond donors (Lipinski definition) is 3. The molecule has 2 aliphatic heterocycles. The van der Waals surface area contributed by atoms with E-state index in [4.69, 9.17) is 10.2 Å². The number of aliphatic imine (C=N–C) groups is 1. The number of amides is 4. The molecule has 4 amide bonds. The fraction of sp³-hybridized carbons (Fsp3) is 0.367. The Labute approximate surface area is 237 Å². The topological polar surface area (TPSA) is 150 Å². The van der Waals surface area contributed by atoms with Crippen LogP contribution in [0.1, 0.15) is 58.6 Å². The van der Waals surface area contributed by atoms with Crippen LogP contribution in [0.3, 0.4) is 0 Å². The number of likely N-dealkylation sites (tertiary alicyclic amines) is 2. The third-order valence-electron chi connectivity index (χ3n) is 7.37. The number of nitrogens with two attached hydrogens (primary N) is 1. The van der Waals surface area contributed by atoms with Crippen LogP contribution in [-0.2, 0) is 9.59 Å². The molecule has 5 rings (SSSR count). The van der Waals surface area contributed by atoms with E-state index < -0.39 is 17.9 Å². The molecule has 4 N–H and O–H groups in total. The Bertz CT molecular complexity index is 1510. The zero-order valence-corrected chi connectivity index (χ0v) is 23.0. The monoisotopic (exact) mass is 558 g/mol. The Hall–Kier alpha value is -4.67. The molecular formula is C30H34N6O5. The van der Waals surface area contributed by atoms with Crippen molar-refractivity contribution in [2.45, 2.75) is 45.1 Å². The van der Waals surface area contributed by atoms with Crippen molar-refractivity contribution in [2.24, 2.45) is 10.7 Å². The van der Waals surface area contributed by atoms with Gasteiger partial charge >= 0.3 is 0 Å². The van der Waals surface area contributed by atoms with Gasteiger partial charge < -0.3 is 25.3 Å². The largest absolute Gasteiger partial charge is 0.461 e. The van der Waals surface area contributed by atoms with Gasteiger partial charge in [0.25, 0.3) is 5.91 Å². The van der Waals surface area contributed by atoms with Crippen molar-refractivity contribution in [3.8, 4) is 0 Å². The average Bonchev–Trinajstić information content (AvgIpc) is 3.59. The average molecular weight is 559 g/mol. The molecule has 1 aromatic heterocycles. The van der Waals surface area contributed by atoms with Gasteiger partial charge in [-0.2, -0.15) is 0 Å². The van der Waals surface area contributed by atoms with Gasteiger partial charge in [-0.05, 0) is 81.5 Å². The summed E-state index contributed by atoms with van der Waals surface area (Å²) in [6.07, 6.45) is 3.94.